The van der Waals surface area contributed by atoms with Crippen LogP contribution >= 0.6 is 12.0 Å². The normalized spacial score (nSPS) is 11.9. The van der Waals surface area contributed by atoms with E-state index < -0.39 is 33.0 Å². The summed E-state index contributed by atoms with van der Waals surface area (Å²) in [5.41, 5.74) is 6.67. The molecule has 34 heavy (non-hydrogen) atoms. The highest BCUT2D eigenvalue weighted by Gasteiger charge is 2.36. The standard InChI is InChI=1S/C20H17F3N4O5S2/c1-11(28)34(29,30)27-14-7-3-12(4-8-14)16-17(25-19(20(21,22)23)26-18(16)24)13-5-9-15(10-6-13)33-32-31-2/h3-10,27H,1-2H3,(H2,24,25,26). The number of benzene rings is 2. The van der Waals surface area contributed by atoms with Crippen molar-refractivity contribution in [3.8, 4) is 22.4 Å². The lowest BCUT2D eigenvalue weighted by molar-refractivity contribution is -0.160. The molecule has 0 aliphatic rings. The van der Waals surface area contributed by atoms with Gasteiger partial charge in [0.1, 0.15) is 5.82 Å². The third-order valence-corrected chi connectivity index (χ3v) is 6.25. The molecule has 0 saturated heterocycles. The average molecular weight is 515 g/mol. The van der Waals surface area contributed by atoms with Gasteiger partial charge in [-0.15, -0.1) is 0 Å². The van der Waals surface area contributed by atoms with Crippen molar-refractivity contribution >= 4 is 38.7 Å². The molecule has 14 heteroatoms. The summed E-state index contributed by atoms with van der Waals surface area (Å²) in [6, 6.07) is 11.7. The Morgan fingerprint density at radius 2 is 1.62 bits per heavy atom. The van der Waals surface area contributed by atoms with Crippen molar-refractivity contribution in [1.82, 2.24) is 9.97 Å². The smallest absolute Gasteiger partial charge is 0.383 e. The minimum absolute atomic E-state index is 0.0754. The van der Waals surface area contributed by atoms with Crippen LogP contribution in [0.5, 0.6) is 0 Å². The molecular weight excluding hydrogens is 497 g/mol. The number of nitrogens with one attached hydrogen (secondary N) is 1. The Bertz CT molecular complexity index is 1300. The van der Waals surface area contributed by atoms with Crippen LogP contribution in [-0.4, -0.2) is 30.6 Å². The molecule has 0 spiro atoms. The molecule has 9 nitrogen and oxygen atoms in total. The summed E-state index contributed by atoms with van der Waals surface area (Å²) in [6.07, 6.45) is -4.83. The SMILES string of the molecule is COOSc1ccc(-c2nc(C(F)(F)F)nc(N)c2-c2ccc(NS(=O)(=O)C(C)=O)cc2)cc1. The maximum atomic E-state index is 13.4. The third-order valence-electron chi connectivity index (χ3n) is 4.32. The van der Waals surface area contributed by atoms with Gasteiger partial charge in [-0.05, 0) is 29.8 Å². The number of hydrogen-bond donors (Lipinski definition) is 2. The number of sulfonamides is 1. The number of aromatic nitrogens is 2. The predicted octanol–water partition coefficient (Wildman–Crippen LogP) is 4.28. The van der Waals surface area contributed by atoms with Gasteiger partial charge < -0.3 is 5.73 Å². The Balaban J connectivity index is 2.09. The van der Waals surface area contributed by atoms with E-state index >= 15 is 0 Å². The summed E-state index contributed by atoms with van der Waals surface area (Å²) in [7, 11) is -2.88. The molecule has 3 rings (SSSR count). The maximum absolute atomic E-state index is 13.4. The van der Waals surface area contributed by atoms with Gasteiger partial charge in [-0.2, -0.15) is 25.9 Å². The van der Waals surface area contributed by atoms with Crippen molar-refractivity contribution < 1.29 is 35.6 Å². The van der Waals surface area contributed by atoms with Crippen LogP contribution in [0.1, 0.15) is 12.7 Å². The fourth-order valence-corrected chi connectivity index (χ4v) is 3.76. The number of alkyl halides is 3. The highest BCUT2D eigenvalue weighted by Crippen LogP contribution is 2.38. The van der Waals surface area contributed by atoms with Crippen LogP contribution in [-0.2, 0) is 30.2 Å². The highest BCUT2D eigenvalue weighted by atomic mass is 32.2. The summed E-state index contributed by atoms with van der Waals surface area (Å²) < 4.78 is 70.5. The van der Waals surface area contributed by atoms with Crippen LogP contribution in [0.25, 0.3) is 22.4 Å². The molecule has 0 atom stereocenters. The van der Waals surface area contributed by atoms with E-state index in [1.807, 2.05) is 0 Å². The molecule has 0 aliphatic heterocycles. The molecular formula is C20H17F3N4O5S2. The van der Waals surface area contributed by atoms with E-state index in [2.05, 4.69) is 19.6 Å². The fourth-order valence-electron chi connectivity index (χ4n) is 2.77. The van der Waals surface area contributed by atoms with Crippen LogP contribution < -0.4 is 10.5 Å². The summed E-state index contributed by atoms with van der Waals surface area (Å²) in [4.78, 5) is 23.5. The van der Waals surface area contributed by atoms with Crippen LogP contribution in [0.4, 0.5) is 24.7 Å². The van der Waals surface area contributed by atoms with Crippen molar-refractivity contribution in [2.45, 2.75) is 18.0 Å². The van der Waals surface area contributed by atoms with E-state index in [9.17, 15) is 26.4 Å². The van der Waals surface area contributed by atoms with E-state index in [0.717, 1.165) is 19.0 Å². The number of carbonyl (C=O) groups excluding carboxylic acids is 1. The van der Waals surface area contributed by atoms with Gasteiger partial charge in [0.25, 0.3) is 15.1 Å². The summed E-state index contributed by atoms with van der Waals surface area (Å²) in [5.74, 6) is -1.83. The maximum Gasteiger partial charge on any atom is 0.451 e. The van der Waals surface area contributed by atoms with Crippen molar-refractivity contribution in [1.29, 1.82) is 0 Å². The Hall–Kier alpha value is -3.20. The van der Waals surface area contributed by atoms with Crippen molar-refractivity contribution in [3.63, 3.8) is 0 Å². The molecule has 3 aromatic rings. The number of anilines is 2. The zero-order valence-electron chi connectivity index (χ0n) is 17.6. The largest absolute Gasteiger partial charge is 0.451 e. The molecule has 0 bridgehead atoms. The minimum Gasteiger partial charge on any atom is -0.383 e. The lowest BCUT2D eigenvalue weighted by Gasteiger charge is -2.15. The molecule has 1 aromatic heterocycles. The van der Waals surface area contributed by atoms with Crippen molar-refractivity contribution in [2.24, 2.45) is 0 Å². The number of halogens is 3. The first-order valence-electron chi connectivity index (χ1n) is 9.28. The molecule has 1 heterocycles. The third kappa shape index (κ3) is 5.83. The highest BCUT2D eigenvalue weighted by molar-refractivity contribution is 8.07. The molecule has 0 radical (unpaired) electrons. The predicted molar refractivity (Wildman–Crippen MR) is 119 cm³/mol. The van der Waals surface area contributed by atoms with Crippen LogP contribution in [0, 0.1) is 0 Å². The fraction of sp³-hybridized carbons (Fsp3) is 0.150. The second-order valence-corrected chi connectivity index (χ2v) is 9.23. The number of hydrogen-bond acceptors (Lipinski definition) is 9. The molecule has 0 aliphatic carbocycles. The quantitative estimate of drug-likeness (QED) is 0.269. The van der Waals surface area contributed by atoms with Gasteiger partial charge in [-0.3, -0.25) is 9.52 Å². The second kappa shape index (κ2) is 9.97. The summed E-state index contributed by atoms with van der Waals surface area (Å²) in [5, 5.41) is -1.07. The molecule has 180 valence electrons. The van der Waals surface area contributed by atoms with Gasteiger partial charge in [0.15, 0.2) is 0 Å². The topological polar surface area (TPSA) is 134 Å². The van der Waals surface area contributed by atoms with Gasteiger partial charge in [0, 0.05) is 23.1 Å². The number of nitrogens with two attached hydrogens (primary N) is 1. The van der Waals surface area contributed by atoms with E-state index in [1.165, 1.54) is 43.5 Å². The lowest BCUT2D eigenvalue weighted by atomic mass is 9.99. The van der Waals surface area contributed by atoms with Gasteiger partial charge in [0.2, 0.25) is 5.82 Å². The first kappa shape index (κ1) is 25.4. The lowest BCUT2D eigenvalue weighted by Crippen LogP contribution is -2.20. The average Bonchev–Trinajstić information content (AvgIpc) is 2.77. The first-order chi connectivity index (χ1) is 15.9. The van der Waals surface area contributed by atoms with E-state index in [1.54, 1.807) is 12.1 Å². The molecule has 0 fully saturated rings. The summed E-state index contributed by atoms with van der Waals surface area (Å²) in [6.45, 7) is 0.897. The van der Waals surface area contributed by atoms with E-state index in [4.69, 9.17) is 10.1 Å². The monoisotopic (exact) mass is 514 g/mol. The molecule has 0 amide bonds. The number of nitrogens with zero attached hydrogens (tertiary/aromatic N) is 2. The van der Waals surface area contributed by atoms with E-state index in [-0.39, 0.29) is 16.9 Å². The Kier molecular flexibility index (Phi) is 7.45. The Labute approximate surface area is 196 Å². The zero-order valence-corrected chi connectivity index (χ0v) is 19.2. The minimum atomic E-state index is -4.83. The molecule has 0 saturated carbocycles. The number of nitrogen functional groups attached to an aromatic ring is 1. The van der Waals surface area contributed by atoms with Gasteiger partial charge >= 0.3 is 6.18 Å². The number of rotatable bonds is 7. The second-order valence-electron chi connectivity index (χ2n) is 6.67. The van der Waals surface area contributed by atoms with Crippen molar-refractivity contribution in [3.05, 3.63) is 54.4 Å². The van der Waals surface area contributed by atoms with Crippen molar-refractivity contribution in [2.75, 3.05) is 17.6 Å². The zero-order chi connectivity index (χ0) is 25.1. The molecule has 0 unspecified atom stereocenters. The van der Waals surface area contributed by atoms with E-state index in [0.29, 0.717) is 16.0 Å². The molecule has 2 aromatic carbocycles. The van der Waals surface area contributed by atoms with Crippen LogP contribution in [0.15, 0.2) is 53.4 Å². The summed E-state index contributed by atoms with van der Waals surface area (Å²) >= 11 is 0.904. The van der Waals surface area contributed by atoms with Gasteiger partial charge in [-0.25, -0.2) is 14.9 Å². The number of carbonyl (C=O) groups is 1. The van der Waals surface area contributed by atoms with Crippen LogP contribution in [0.2, 0.25) is 0 Å². The van der Waals surface area contributed by atoms with Gasteiger partial charge in [-0.1, -0.05) is 24.3 Å². The molecule has 3 N–H and O–H groups in total. The Morgan fingerprint density at radius 1 is 1.03 bits per heavy atom. The first-order valence-corrected chi connectivity index (χ1v) is 11.5. The Morgan fingerprint density at radius 3 is 2.15 bits per heavy atom. The van der Waals surface area contributed by atoms with Crippen LogP contribution in [0.3, 0.4) is 0 Å². The van der Waals surface area contributed by atoms with Gasteiger partial charge in [0.05, 0.1) is 30.4 Å².